The highest BCUT2D eigenvalue weighted by Gasteiger charge is 2.61. The van der Waals surface area contributed by atoms with Gasteiger partial charge in [-0.15, -0.1) is 0 Å². The lowest BCUT2D eigenvalue weighted by molar-refractivity contribution is -0.146. The zero-order valence-electron chi connectivity index (χ0n) is 12.6. The lowest BCUT2D eigenvalue weighted by Crippen LogP contribution is -2.55. The van der Waals surface area contributed by atoms with Crippen LogP contribution in [0.15, 0.2) is 42.5 Å². The molecule has 4 aliphatic rings. The van der Waals surface area contributed by atoms with Crippen molar-refractivity contribution in [2.45, 2.75) is 19.1 Å². The number of fused-ring (bicyclic) bond motifs is 1. The Morgan fingerprint density at radius 3 is 2.57 bits per heavy atom. The van der Waals surface area contributed by atoms with Crippen LogP contribution >= 0.6 is 0 Å². The topological polar surface area (TPSA) is 75.6 Å². The van der Waals surface area contributed by atoms with E-state index in [2.05, 4.69) is 11.4 Å². The number of nitrogens with one attached hydrogen (secondary N) is 1. The van der Waals surface area contributed by atoms with Gasteiger partial charge in [0.15, 0.2) is 0 Å². The molecule has 5 nitrogen and oxygen atoms in total. The standard InChI is InChI=1S/C18H19NO4/c20-17(21)15-11-6-7-12(14-8-13(11)14)16(15)19-18(22)23-9-10-4-2-1-3-5-10/h1-7,11-16H,8-9H2,(H,19,22)(H,20,21)/t11?,12?,13?,14?,15-,16+/m1/s1. The molecule has 1 aromatic rings. The fourth-order valence-electron chi connectivity index (χ4n) is 4.32. The highest BCUT2D eigenvalue weighted by molar-refractivity contribution is 5.75. The Hall–Kier alpha value is -2.30. The molecule has 4 unspecified atom stereocenters. The zero-order valence-corrected chi connectivity index (χ0v) is 12.6. The number of aliphatic carboxylic acids is 1. The second-order valence-electron chi connectivity index (χ2n) is 6.70. The van der Waals surface area contributed by atoms with Crippen molar-refractivity contribution in [2.24, 2.45) is 29.6 Å². The van der Waals surface area contributed by atoms with E-state index < -0.39 is 18.0 Å². The zero-order chi connectivity index (χ0) is 16.0. The number of amides is 1. The fraction of sp³-hybridized carbons (Fsp3) is 0.444. The minimum absolute atomic E-state index is 0.0434. The lowest BCUT2D eigenvalue weighted by Gasteiger charge is -2.42. The van der Waals surface area contributed by atoms with Crippen LogP contribution in [0.2, 0.25) is 0 Å². The quantitative estimate of drug-likeness (QED) is 0.837. The first-order valence-electron chi connectivity index (χ1n) is 8.03. The Kier molecular flexibility index (Phi) is 3.36. The molecule has 0 aromatic heterocycles. The van der Waals surface area contributed by atoms with E-state index in [1.165, 1.54) is 0 Å². The van der Waals surface area contributed by atoms with Crippen LogP contribution in [-0.2, 0) is 16.1 Å². The molecule has 1 amide bonds. The van der Waals surface area contributed by atoms with Crippen molar-refractivity contribution in [3.8, 4) is 0 Å². The molecule has 0 aliphatic heterocycles. The summed E-state index contributed by atoms with van der Waals surface area (Å²) in [7, 11) is 0. The van der Waals surface area contributed by atoms with Gasteiger partial charge in [-0.2, -0.15) is 0 Å². The van der Waals surface area contributed by atoms with Crippen LogP contribution in [0.1, 0.15) is 12.0 Å². The van der Waals surface area contributed by atoms with E-state index in [0.717, 1.165) is 12.0 Å². The summed E-state index contributed by atoms with van der Waals surface area (Å²) in [5, 5.41) is 12.4. The first-order valence-corrected chi connectivity index (χ1v) is 8.03. The van der Waals surface area contributed by atoms with E-state index in [1.807, 2.05) is 36.4 Å². The third kappa shape index (κ3) is 2.50. The summed E-state index contributed by atoms with van der Waals surface area (Å²) in [6.45, 7) is 0.188. The summed E-state index contributed by atoms with van der Waals surface area (Å²) in [6.07, 6.45) is 4.65. The number of benzene rings is 1. The number of hydrogen-bond acceptors (Lipinski definition) is 3. The SMILES string of the molecule is O=C(N[C@H]1C2C=CC(C3CC32)[C@H]1C(=O)O)OCc1ccccc1. The molecular weight excluding hydrogens is 294 g/mol. The largest absolute Gasteiger partial charge is 0.481 e. The van der Waals surface area contributed by atoms with E-state index in [1.54, 1.807) is 0 Å². The Labute approximate surface area is 134 Å². The second-order valence-corrected chi connectivity index (χ2v) is 6.70. The van der Waals surface area contributed by atoms with E-state index in [9.17, 15) is 14.7 Å². The van der Waals surface area contributed by atoms with Gasteiger partial charge in [0.05, 0.1) is 12.0 Å². The number of carboxylic acids is 1. The van der Waals surface area contributed by atoms with E-state index in [0.29, 0.717) is 11.8 Å². The molecule has 1 aromatic carbocycles. The Morgan fingerprint density at radius 1 is 1.13 bits per heavy atom. The first-order chi connectivity index (χ1) is 11.1. The number of ether oxygens (including phenoxy) is 1. The van der Waals surface area contributed by atoms with Gasteiger partial charge in [-0.05, 0) is 29.7 Å². The highest BCUT2D eigenvalue weighted by Crippen LogP contribution is 2.61. The Bertz CT molecular complexity index is 656. The van der Waals surface area contributed by atoms with Crippen molar-refractivity contribution in [1.29, 1.82) is 0 Å². The molecule has 2 fully saturated rings. The van der Waals surface area contributed by atoms with Gasteiger partial charge in [0.1, 0.15) is 6.61 Å². The molecule has 0 heterocycles. The molecule has 5 rings (SSSR count). The molecule has 4 aliphatic carbocycles. The van der Waals surface area contributed by atoms with Crippen molar-refractivity contribution < 1.29 is 19.4 Å². The maximum atomic E-state index is 12.1. The van der Waals surface area contributed by atoms with Gasteiger partial charge in [-0.1, -0.05) is 42.5 Å². The maximum absolute atomic E-state index is 12.1. The average Bonchev–Trinajstić information content (AvgIpc) is 3.36. The minimum Gasteiger partial charge on any atom is -0.481 e. The summed E-state index contributed by atoms with van der Waals surface area (Å²) >= 11 is 0. The molecule has 2 N–H and O–H groups in total. The van der Waals surface area contributed by atoms with Crippen LogP contribution < -0.4 is 5.32 Å². The van der Waals surface area contributed by atoms with Crippen LogP contribution in [0, 0.1) is 29.6 Å². The minimum atomic E-state index is -0.831. The third-order valence-corrected chi connectivity index (χ3v) is 5.43. The number of hydrogen-bond donors (Lipinski definition) is 2. The van der Waals surface area contributed by atoms with E-state index in [4.69, 9.17) is 4.74 Å². The molecule has 120 valence electrons. The van der Waals surface area contributed by atoms with Gasteiger partial charge in [-0.3, -0.25) is 4.79 Å². The molecule has 0 saturated heterocycles. The van der Waals surface area contributed by atoms with Gasteiger partial charge >= 0.3 is 12.1 Å². The lowest BCUT2D eigenvalue weighted by atomic mass is 9.66. The highest BCUT2D eigenvalue weighted by atomic mass is 16.5. The van der Waals surface area contributed by atoms with Crippen molar-refractivity contribution >= 4 is 12.1 Å². The van der Waals surface area contributed by atoms with Crippen LogP contribution in [0.5, 0.6) is 0 Å². The van der Waals surface area contributed by atoms with Crippen molar-refractivity contribution in [3.63, 3.8) is 0 Å². The van der Waals surface area contributed by atoms with Crippen LogP contribution in [0.3, 0.4) is 0 Å². The first kappa shape index (κ1) is 14.3. The van der Waals surface area contributed by atoms with Gasteiger partial charge in [-0.25, -0.2) is 4.79 Å². The average molecular weight is 313 g/mol. The van der Waals surface area contributed by atoms with Gasteiger partial charge < -0.3 is 15.2 Å². The van der Waals surface area contributed by atoms with Gasteiger partial charge in [0.25, 0.3) is 0 Å². The van der Waals surface area contributed by atoms with Crippen molar-refractivity contribution in [1.82, 2.24) is 5.32 Å². The Morgan fingerprint density at radius 2 is 1.83 bits per heavy atom. The molecule has 2 saturated carbocycles. The number of alkyl carbamates (subject to hydrolysis) is 1. The van der Waals surface area contributed by atoms with Gasteiger partial charge in [0, 0.05) is 5.92 Å². The van der Waals surface area contributed by atoms with E-state index >= 15 is 0 Å². The molecule has 6 atom stereocenters. The predicted octanol–water partition coefficient (Wildman–Crippen LogP) is 2.43. The number of allylic oxidation sites excluding steroid dienone is 1. The predicted molar refractivity (Wildman–Crippen MR) is 82.4 cm³/mol. The molecule has 23 heavy (non-hydrogen) atoms. The summed E-state index contributed by atoms with van der Waals surface area (Å²) in [6, 6.07) is 9.07. The summed E-state index contributed by atoms with van der Waals surface area (Å²) in [5.74, 6) is -0.192. The van der Waals surface area contributed by atoms with Crippen LogP contribution in [0.25, 0.3) is 0 Å². The van der Waals surface area contributed by atoms with Crippen LogP contribution in [-0.4, -0.2) is 23.2 Å². The summed E-state index contributed by atoms with van der Waals surface area (Å²) in [5.41, 5.74) is 0.907. The summed E-state index contributed by atoms with van der Waals surface area (Å²) < 4.78 is 5.25. The van der Waals surface area contributed by atoms with Crippen molar-refractivity contribution in [3.05, 3.63) is 48.0 Å². The molecular formula is C18H19NO4. The number of carbonyl (C=O) groups excluding carboxylic acids is 1. The molecule has 0 spiro atoms. The summed E-state index contributed by atoms with van der Waals surface area (Å²) in [4.78, 5) is 23.8. The normalized spacial score (nSPS) is 36.2. The Balaban J connectivity index is 1.42. The van der Waals surface area contributed by atoms with Gasteiger partial charge in [0.2, 0.25) is 0 Å². The van der Waals surface area contributed by atoms with Crippen LogP contribution in [0.4, 0.5) is 4.79 Å². The maximum Gasteiger partial charge on any atom is 0.407 e. The fourth-order valence-corrected chi connectivity index (χ4v) is 4.32. The van der Waals surface area contributed by atoms with Crippen molar-refractivity contribution in [2.75, 3.05) is 0 Å². The molecule has 5 heteroatoms. The smallest absolute Gasteiger partial charge is 0.407 e. The molecule has 2 bridgehead atoms. The second kappa shape index (κ2) is 5.41. The monoisotopic (exact) mass is 313 g/mol. The number of carboxylic acid groups (broad SMARTS) is 1. The molecule has 0 radical (unpaired) electrons. The van der Waals surface area contributed by atoms with E-state index in [-0.39, 0.29) is 24.5 Å². The number of rotatable bonds is 4. The number of carbonyl (C=O) groups is 2. The third-order valence-electron chi connectivity index (χ3n) is 5.43.